The fraction of sp³-hybridized carbons (Fsp3) is 0.476. The van der Waals surface area contributed by atoms with Crippen molar-refractivity contribution in [3.63, 3.8) is 0 Å². The van der Waals surface area contributed by atoms with E-state index in [0.29, 0.717) is 17.8 Å². The number of ether oxygens (including phenoxy) is 1. The van der Waals surface area contributed by atoms with Gasteiger partial charge >= 0.3 is 13.6 Å². The molecule has 3 rings (SSSR count). The topological polar surface area (TPSA) is 117 Å². The number of nitro groups is 1. The van der Waals surface area contributed by atoms with E-state index in [-0.39, 0.29) is 28.2 Å². The Balaban J connectivity index is 2.31. The van der Waals surface area contributed by atoms with Crippen LogP contribution in [0.15, 0.2) is 46.5 Å². The number of rotatable bonds is 4. The highest BCUT2D eigenvalue weighted by Gasteiger charge is 2.51. The van der Waals surface area contributed by atoms with E-state index in [1.165, 1.54) is 19.2 Å². The number of allylic oxidation sites excluding steroid dienone is 3. The molecule has 1 aromatic rings. The van der Waals surface area contributed by atoms with E-state index in [9.17, 15) is 19.5 Å². The second-order valence-electron chi connectivity index (χ2n) is 8.38. The summed E-state index contributed by atoms with van der Waals surface area (Å²) in [5.74, 6) is -1.73. The number of methoxy groups -OCH3 is 1. The van der Waals surface area contributed by atoms with Crippen LogP contribution in [0.2, 0.25) is 0 Å². The SMILES string of the molecule is COC(=O)C1=C(C)NC(C)=C(P2(=O)OC(C)CC(C)(C)O2)C1c1ccccc1[N+](=O)[O-]. The van der Waals surface area contributed by atoms with Gasteiger partial charge in [0.25, 0.3) is 5.69 Å². The molecule has 0 amide bonds. The van der Waals surface area contributed by atoms with Crippen LogP contribution in [0.4, 0.5) is 5.69 Å². The Hall–Kier alpha value is -2.48. The van der Waals surface area contributed by atoms with Gasteiger partial charge in [-0.3, -0.25) is 19.2 Å². The lowest BCUT2D eigenvalue weighted by Crippen LogP contribution is -2.37. The smallest absolute Gasteiger partial charge is 0.360 e. The van der Waals surface area contributed by atoms with Gasteiger partial charge in [-0.25, -0.2) is 4.79 Å². The summed E-state index contributed by atoms with van der Waals surface area (Å²) in [5, 5.41) is 15.0. The zero-order chi connectivity index (χ0) is 23.1. The highest BCUT2D eigenvalue weighted by Crippen LogP contribution is 2.69. The molecule has 0 saturated carbocycles. The summed E-state index contributed by atoms with van der Waals surface area (Å²) >= 11 is 0. The number of benzene rings is 1. The molecule has 1 fully saturated rings. The van der Waals surface area contributed by atoms with E-state index in [0.717, 1.165) is 0 Å². The summed E-state index contributed by atoms with van der Waals surface area (Å²) < 4.78 is 31.0. The van der Waals surface area contributed by atoms with Gasteiger partial charge in [-0.2, -0.15) is 0 Å². The summed E-state index contributed by atoms with van der Waals surface area (Å²) in [6.45, 7) is 8.78. The second-order valence-corrected chi connectivity index (χ2v) is 10.3. The number of nitrogens with one attached hydrogen (secondary N) is 1. The molecule has 2 heterocycles. The molecular weight excluding hydrogens is 423 g/mol. The normalized spacial score (nSPS) is 28.2. The van der Waals surface area contributed by atoms with Crippen LogP contribution in [-0.2, 0) is 23.1 Å². The Morgan fingerprint density at radius 3 is 2.52 bits per heavy atom. The first-order valence-electron chi connectivity index (χ1n) is 9.90. The summed E-state index contributed by atoms with van der Waals surface area (Å²) in [6.07, 6.45) is 0.140. The molecule has 2 aliphatic rings. The van der Waals surface area contributed by atoms with E-state index in [1.54, 1.807) is 32.9 Å². The van der Waals surface area contributed by atoms with E-state index < -0.39 is 30.0 Å². The minimum Gasteiger partial charge on any atom is -0.466 e. The van der Waals surface area contributed by atoms with Crippen molar-refractivity contribution in [2.75, 3.05) is 7.11 Å². The number of hydrogen-bond acceptors (Lipinski definition) is 8. The lowest BCUT2D eigenvalue weighted by atomic mass is 9.85. The molecule has 0 spiro atoms. The number of nitrogens with zero attached hydrogens (tertiary/aromatic N) is 1. The minimum atomic E-state index is -3.96. The van der Waals surface area contributed by atoms with Crippen LogP contribution in [0.25, 0.3) is 0 Å². The van der Waals surface area contributed by atoms with Crippen LogP contribution >= 0.6 is 7.60 Å². The predicted octanol–water partition coefficient (Wildman–Crippen LogP) is 4.76. The Bertz CT molecular complexity index is 1040. The van der Waals surface area contributed by atoms with Gasteiger partial charge < -0.3 is 14.6 Å². The molecule has 0 bridgehead atoms. The lowest BCUT2D eigenvalue weighted by Gasteiger charge is -2.42. The fourth-order valence-corrected chi connectivity index (χ4v) is 6.96. The maximum atomic E-state index is 14.2. The Morgan fingerprint density at radius 2 is 1.94 bits per heavy atom. The average Bonchev–Trinajstić information content (AvgIpc) is 2.64. The monoisotopic (exact) mass is 450 g/mol. The fourth-order valence-electron chi connectivity index (χ4n) is 4.38. The van der Waals surface area contributed by atoms with Crippen LogP contribution in [0.1, 0.15) is 52.5 Å². The van der Waals surface area contributed by atoms with Crippen molar-refractivity contribution in [1.29, 1.82) is 0 Å². The van der Waals surface area contributed by atoms with Crippen LogP contribution in [-0.4, -0.2) is 29.7 Å². The number of carbonyl (C=O) groups excluding carboxylic acids is 1. The summed E-state index contributed by atoms with van der Waals surface area (Å²) in [6, 6.07) is 6.06. The van der Waals surface area contributed by atoms with Gasteiger partial charge in [-0.15, -0.1) is 0 Å². The largest absolute Gasteiger partial charge is 0.466 e. The van der Waals surface area contributed by atoms with Gasteiger partial charge in [-0.1, -0.05) is 18.2 Å². The maximum Gasteiger partial charge on any atom is 0.360 e. The highest BCUT2D eigenvalue weighted by atomic mass is 31.2. The Kier molecular flexibility index (Phi) is 6.15. The zero-order valence-corrected chi connectivity index (χ0v) is 19.3. The van der Waals surface area contributed by atoms with Crippen LogP contribution < -0.4 is 5.32 Å². The third-order valence-electron chi connectivity index (χ3n) is 5.34. The van der Waals surface area contributed by atoms with E-state index >= 15 is 0 Å². The maximum absolute atomic E-state index is 14.2. The minimum absolute atomic E-state index is 0.121. The van der Waals surface area contributed by atoms with E-state index in [4.69, 9.17) is 13.8 Å². The van der Waals surface area contributed by atoms with Crippen molar-refractivity contribution < 1.29 is 28.1 Å². The molecule has 1 aromatic carbocycles. The van der Waals surface area contributed by atoms with Gasteiger partial charge in [0.15, 0.2) is 0 Å². The van der Waals surface area contributed by atoms with Gasteiger partial charge in [0.2, 0.25) is 0 Å². The van der Waals surface area contributed by atoms with Crippen molar-refractivity contribution in [3.05, 3.63) is 62.2 Å². The molecule has 31 heavy (non-hydrogen) atoms. The summed E-state index contributed by atoms with van der Waals surface area (Å²) in [4.78, 5) is 24.1. The third-order valence-corrected chi connectivity index (χ3v) is 7.89. The molecular formula is C21H27N2O7P. The van der Waals surface area contributed by atoms with Gasteiger partial charge in [-0.05, 0) is 34.6 Å². The predicted molar refractivity (Wildman–Crippen MR) is 114 cm³/mol. The molecule has 1 N–H and O–H groups in total. The van der Waals surface area contributed by atoms with Gasteiger partial charge in [0.05, 0.1) is 40.5 Å². The number of hydrogen-bond donors (Lipinski definition) is 1. The van der Waals surface area contributed by atoms with E-state index in [2.05, 4.69) is 5.32 Å². The molecule has 3 atom stereocenters. The third kappa shape index (κ3) is 4.31. The molecule has 0 aromatic heterocycles. The van der Waals surface area contributed by atoms with Crippen molar-refractivity contribution in [2.24, 2.45) is 0 Å². The van der Waals surface area contributed by atoms with Crippen LogP contribution in [0.3, 0.4) is 0 Å². The van der Waals surface area contributed by atoms with Crippen molar-refractivity contribution >= 4 is 19.3 Å². The first kappa shape index (κ1) is 23.2. The van der Waals surface area contributed by atoms with Crippen molar-refractivity contribution in [2.45, 2.75) is 58.7 Å². The average molecular weight is 450 g/mol. The van der Waals surface area contributed by atoms with Gasteiger partial charge in [0, 0.05) is 29.4 Å². The standard InChI is InChI=1S/C21H27N2O7P/c1-12-11-21(4,5)30-31(27,29-12)19-14(3)22-13(2)17(20(24)28-6)18(19)15-9-7-8-10-16(15)23(25)26/h7-10,12,18,22H,11H2,1-6H3. The molecule has 1 saturated heterocycles. The number of carbonyl (C=O) groups is 1. The van der Waals surface area contributed by atoms with Crippen LogP contribution in [0.5, 0.6) is 0 Å². The Labute approximate surface area is 181 Å². The first-order valence-corrected chi connectivity index (χ1v) is 11.4. The van der Waals surface area contributed by atoms with Crippen molar-refractivity contribution in [3.8, 4) is 0 Å². The molecule has 168 valence electrons. The lowest BCUT2D eigenvalue weighted by molar-refractivity contribution is -0.385. The molecule has 3 unspecified atom stereocenters. The van der Waals surface area contributed by atoms with Crippen molar-refractivity contribution in [1.82, 2.24) is 5.32 Å². The first-order chi connectivity index (χ1) is 14.4. The summed E-state index contributed by atoms with van der Waals surface area (Å²) in [7, 11) is -2.73. The highest BCUT2D eigenvalue weighted by molar-refractivity contribution is 7.58. The number of esters is 1. The molecule has 2 aliphatic heterocycles. The molecule has 9 nitrogen and oxygen atoms in total. The number of para-hydroxylation sites is 1. The number of dihydropyridines is 1. The molecule has 10 heteroatoms. The van der Waals surface area contributed by atoms with Crippen LogP contribution in [0, 0.1) is 10.1 Å². The van der Waals surface area contributed by atoms with E-state index in [1.807, 2.05) is 13.8 Å². The molecule has 0 aliphatic carbocycles. The van der Waals surface area contributed by atoms with Gasteiger partial charge in [0.1, 0.15) is 0 Å². The quantitative estimate of drug-likeness (QED) is 0.302. The summed E-state index contributed by atoms with van der Waals surface area (Å²) in [5.41, 5.74) is 0.283. The zero-order valence-electron chi connectivity index (χ0n) is 18.4. The second kappa shape index (κ2) is 8.22. The Morgan fingerprint density at radius 1 is 1.29 bits per heavy atom. The number of nitro benzene ring substituents is 1. The molecule has 0 radical (unpaired) electrons.